The number of pyridine rings is 1. The summed E-state index contributed by atoms with van der Waals surface area (Å²) in [5.74, 6) is 0.657. The highest BCUT2D eigenvalue weighted by Crippen LogP contribution is 2.35. The lowest BCUT2D eigenvalue weighted by Gasteiger charge is -2.08. The molecule has 1 aliphatic carbocycles. The second kappa shape index (κ2) is 4.60. The van der Waals surface area contributed by atoms with Crippen LogP contribution in [-0.2, 0) is 6.61 Å². The van der Waals surface area contributed by atoms with E-state index in [4.69, 9.17) is 4.74 Å². The van der Waals surface area contributed by atoms with Crippen LogP contribution in [0.1, 0.15) is 35.1 Å². The molecule has 0 N–H and O–H groups in total. The summed E-state index contributed by atoms with van der Waals surface area (Å²) in [6.45, 7) is 0.471. The third-order valence-electron chi connectivity index (χ3n) is 2.95. The number of imidazole rings is 1. The van der Waals surface area contributed by atoms with Crippen LogP contribution in [0, 0.1) is 0 Å². The maximum atomic E-state index is 10.5. The zero-order valence-corrected chi connectivity index (χ0v) is 9.82. The van der Waals surface area contributed by atoms with Crippen LogP contribution >= 0.6 is 0 Å². The summed E-state index contributed by atoms with van der Waals surface area (Å²) < 4.78 is 7.79. The summed E-state index contributed by atoms with van der Waals surface area (Å²) in [7, 11) is 0. The molecule has 1 saturated carbocycles. The van der Waals surface area contributed by atoms with Gasteiger partial charge in [0.25, 0.3) is 0 Å². The van der Waals surface area contributed by atoms with Crippen molar-refractivity contribution in [2.75, 3.05) is 0 Å². The molecule has 5 nitrogen and oxygen atoms in total. The minimum Gasteiger partial charge on any atom is -0.486 e. The van der Waals surface area contributed by atoms with Crippen LogP contribution in [0.25, 0.3) is 0 Å². The molecule has 0 aromatic carbocycles. The predicted octanol–water partition coefficient (Wildman–Crippen LogP) is 2.00. The van der Waals surface area contributed by atoms with Crippen molar-refractivity contribution in [3.63, 3.8) is 0 Å². The number of nitrogens with zero attached hydrogens (tertiary/aromatic N) is 3. The van der Waals surface area contributed by atoms with E-state index in [9.17, 15) is 4.79 Å². The Kier molecular flexibility index (Phi) is 2.80. The average molecular weight is 243 g/mol. The van der Waals surface area contributed by atoms with E-state index in [1.165, 1.54) is 12.8 Å². The molecule has 3 rings (SSSR count). The largest absolute Gasteiger partial charge is 0.486 e. The van der Waals surface area contributed by atoms with Crippen molar-refractivity contribution in [3.8, 4) is 5.75 Å². The minimum atomic E-state index is 0.408. The van der Waals surface area contributed by atoms with E-state index in [-0.39, 0.29) is 0 Å². The van der Waals surface area contributed by atoms with E-state index in [0.29, 0.717) is 30.4 Å². The van der Waals surface area contributed by atoms with Gasteiger partial charge in [0.15, 0.2) is 6.29 Å². The Morgan fingerprint density at radius 1 is 1.39 bits per heavy atom. The van der Waals surface area contributed by atoms with E-state index in [1.807, 2.05) is 12.5 Å². The Balaban J connectivity index is 1.65. The monoisotopic (exact) mass is 243 g/mol. The summed E-state index contributed by atoms with van der Waals surface area (Å²) in [6.07, 6.45) is 8.39. The molecule has 5 heteroatoms. The molecule has 18 heavy (non-hydrogen) atoms. The molecule has 0 radical (unpaired) electrons. The molecule has 0 aliphatic heterocycles. The van der Waals surface area contributed by atoms with Crippen LogP contribution in [0.2, 0.25) is 0 Å². The van der Waals surface area contributed by atoms with Crippen molar-refractivity contribution in [3.05, 3.63) is 42.2 Å². The van der Waals surface area contributed by atoms with Crippen molar-refractivity contribution >= 4 is 6.29 Å². The number of rotatable bonds is 5. The third kappa shape index (κ3) is 2.25. The van der Waals surface area contributed by atoms with Crippen molar-refractivity contribution in [2.45, 2.75) is 25.5 Å². The highest BCUT2D eigenvalue weighted by Gasteiger charge is 2.25. The number of hydrogen-bond acceptors (Lipinski definition) is 4. The maximum Gasteiger partial charge on any atom is 0.168 e. The van der Waals surface area contributed by atoms with E-state index >= 15 is 0 Å². The number of aromatic nitrogens is 3. The van der Waals surface area contributed by atoms with Crippen LogP contribution in [-0.4, -0.2) is 20.8 Å². The minimum absolute atomic E-state index is 0.408. The van der Waals surface area contributed by atoms with Crippen LogP contribution in [0.4, 0.5) is 0 Å². The van der Waals surface area contributed by atoms with Crippen molar-refractivity contribution in [1.82, 2.24) is 14.5 Å². The average Bonchev–Trinajstić information content (AvgIpc) is 3.16. The molecule has 2 aromatic heterocycles. The summed E-state index contributed by atoms with van der Waals surface area (Å²) in [6, 6.07) is 3.98. The van der Waals surface area contributed by atoms with E-state index in [2.05, 4.69) is 14.5 Å². The van der Waals surface area contributed by atoms with Gasteiger partial charge in [-0.25, -0.2) is 9.97 Å². The van der Waals surface area contributed by atoms with Crippen LogP contribution in [0.15, 0.2) is 30.9 Å². The van der Waals surface area contributed by atoms with Gasteiger partial charge in [0, 0.05) is 6.04 Å². The number of aldehydes is 1. The lowest BCUT2D eigenvalue weighted by atomic mass is 10.3. The molecule has 0 amide bonds. The van der Waals surface area contributed by atoms with Gasteiger partial charge in [0.2, 0.25) is 0 Å². The smallest absolute Gasteiger partial charge is 0.168 e. The quantitative estimate of drug-likeness (QED) is 0.754. The second-order valence-corrected chi connectivity index (χ2v) is 4.35. The van der Waals surface area contributed by atoms with E-state index < -0.39 is 0 Å². The Morgan fingerprint density at radius 2 is 2.28 bits per heavy atom. The highest BCUT2D eigenvalue weighted by molar-refractivity contribution is 5.71. The highest BCUT2D eigenvalue weighted by atomic mass is 16.5. The molecule has 0 atom stereocenters. The molecule has 0 unspecified atom stereocenters. The molecular formula is C13H13N3O2. The van der Waals surface area contributed by atoms with Gasteiger partial charge in [-0.2, -0.15) is 0 Å². The molecule has 92 valence electrons. The van der Waals surface area contributed by atoms with Crippen LogP contribution in [0.5, 0.6) is 5.75 Å². The van der Waals surface area contributed by atoms with E-state index in [0.717, 1.165) is 5.69 Å². The first kappa shape index (κ1) is 11.0. The summed E-state index contributed by atoms with van der Waals surface area (Å²) in [4.78, 5) is 18.6. The zero-order valence-electron chi connectivity index (χ0n) is 9.82. The second-order valence-electron chi connectivity index (χ2n) is 4.35. The van der Waals surface area contributed by atoms with Crippen molar-refractivity contribution in [1.29, 1.82) is 0 Å². The first-order chi connectivity index (χ1) is 8.86. The standard InChI is InChI=1S/C13H13N3O2/c17-7-10-1-4-13(6-15-10)18-8-12-5-14-9-16(12)11-2-3-11/h1,4-7,9,11H,2-3,8H2. The number of hydrogen-bond donors (Lipinski definition) is 0. The lowest BCUT2D eigenvalue weighted by Crippen LogP contribution is -2.03. The van der Waals surface area contributed by atoms with Crippen LogP contribution in [0.3, 0.4) is 0 Å². The number of carbonyl (C=O) groups excluding carboxylic acids is 1. The number of carbonyl (C=O) groups is 1. The fourth-order valence-electron chi connectivity index (χ4n) is 1.83. The first-order valence-electron chi connectivity index (χ1n) is 5.91. The molecule has 2 heterocycles. The van der Waals surface area contributed by atoms with E-state index in [1.54, 1.807) is 18.3 Å². The van der Waals surface area contributed by atoms with Gasteiger partial charge in [0.05, 0.1) is 24.4 Å². The zero-order chi connectivity index (χ0) is 12.4. The summed E-state index contributed by atoms with van der Waals surface area (Å²) in [5, 5.41) is 0. The Morgan fingerprint density at radius 3 is 2.94 bits per heavy atom. The van der Waals surface area contributed by atoms with Crippen LogP contribution < -0.4 is 4.74 Å². The van der Waals surface area contributed by atoms with Gasteiger partial charge >= 0.3 is 0 Å². The number of ether oxygens (including phenoxy) is 1. The van der Waals surface area contributed by atoms with Gasteiger partial charge in [-0.15, -0.1) is 0 Å². The fraction of sp³-hybridized carbons (Fsp3) is 0.308. The molecule has 2 aromatic rings. The van der Waals surface area contributed by atoms with Gasteiger partial charge in [-0.3, -0.25) is 4.79 Å². The molecular weight excluding hydrogens is 230 g/mol. The van der Waals surface area contributed by atoms with Crippen molar-refractivity contribution < 1.29 is 9.53 Å². The first-order valence-corrected chi connectivity index (χ1v) is 5.91. The van der Waals surface area contributed by atoms with Gasteiger partial charge in [-0.1, -0.05) is 0 Å². The molecule has 1 fully saturated rings. The molecule has 0 saturated heterocycles. The van der Waals surface area contributed by atoms with Crippen molar-refractivity contribution in [2.24, 2.45) is 0 Å². The molecule has 1 aliphatic rings. The summed E-state index contributed by atoms with van der Waals surface area (Å²) >= 11 is 0. The SMILES string of the molecule is O=Cc1ccc(OCc2cncn2C2CC2)cn1. The Hall–Kier alpha value is -2.17. The Bertz CT molecular complexity index is 544. The van der Waals surface area contributed by atoms with Gasteiger partial charge in [0.1, 0.15) is 18.1 Å². The third-order valence-corrected chi connectivity index (χ3v) is 2.95. The molecule has 0 spiro atoms. The molecule has 0 bridgehead atoms. The van der Waals surface area contributed by atoms with Gasteiger partial charge < -0.3 is 9.30 Å². The summed E-state index contributed by atoms with van der Waals surface area (Å²) in [5.41, 5.74) is 1.47. The topological polar surface area (TPSA) is 57.0 Å². The fourth-order valence-corrected chi connectivity index (χ4v) is 1.83. The maximum absolute atomic E-state index is 10.5. The Labute approximate surface area is 104 Å². The van der Waals surface area contributed by atoms with Gasteiger partial charge in [-0.05, 0) is 25.0 Å². The lowest BCUT2D eigenvalue weighted by molar-refractivity contribution is 0.111. The predicted molar refractivity (Wildman–Crippen MR) is 64.5 cm³/mol. The normalized spacial score (nSPS) is 14.4.